The zero-order valence-corrected chi connectivity index (χ0v) is 14.8. The SMILES string of the molecule is Cc1cccc(CCC2=N/C(=C/c3ccc(N(C)C)cc3)C(=O)O2)c1. The van der Waals surface area contributed by atoms with E-state index in [1.54, 1.807) is 6.08 Å². The lowest BCUT2D eigenvalue weighted by atomic mass is 10.1. The van der Waals surface area contributed by atoms with Crippen LogP contribution in [0.1, 0.15) is 23.1 Å². The summed E-state index contributed by atoms with van der Waals surface area (Å²) in [5, 5.41) is 0. The normalized spacial score (nSPS) is 15.2. The van der Waals surface area contributed by atoms with Gasteiger partial charge in [-0.2, -0.15) is 0 Å². The van der Waals surface area contributed by atoms with Crippen molar-refractivity contribution in [1.82, 2.24) is 0 Å². The molecule has 1 heterocycles. The van der Waals surface area contributed by atoms with Gasteiger partial charge in [0, 0.05) is 26.2 Å². The fourth-order valence-corrected chi connectivity index (χ4v) is 2.71. The van der Waals surface area contributed by atoms with E-state index in [0.717, 1.165) is 17.7 Å². The smallest absolute Gasteiger partial charge is 0.363 e. The Morgan fingerprint density at radius 1 is 1.08 bits per heavy atom. The average molecular weight is 334 g/mol. The molecular formula is C21H22N2O2. The molecule has 1 aliphatic rings. The number of carbonyl (C=O) groups is 1. The molecule has 0 N–H and O–H groups in total. The number of aryl methyl sites for hydroxylation is 2. The van der Waals surface area contributed by atoms with Gasteiger partial charge in [0.25, 0.3) is 0 Å². The van der Waals surface area contributed by atoms with Gasteiger partial charge in [-0.1, -0.05) is 42.0 Å². The summed E-state index contributed by atoms with van der Waals surface area (Å²) >= 11 is 0. The van der Waals surface area contributed by atoms with E-state index in [9.17, 15) is 4.79 Å². The van der Waals surface area contributed by atoms with Gasteiger partial charge in [0.05, 0.1) is 0 Å². The topological polar surface area (TPSA) is 41.9 Å². The highest BCUT2D eigenvalue weighted by Crippen LogP contribution is 2.20. The molecule has 0 saturated heterocycles. The standard InChI is InChI=1S/C21H22N2O2/c1-15-5-4-6-16(13-15)9-12-20-22-19(21(24)25-20)14-17-7-10-18(11-8-17)23(2)3/h4-8,10-11,13-14H,9,12H2,1-3H3/b19-14+. The van der Waals surface area contributed by atoms with Gasteiger partial charge in [-0.05, 0) is 42.7 Å². The monoisotopic (exact) mass is 334 g/mol. The highest BCUT2D eigenvalue weighted by molar-refractivity contribution is 6.07. The van der Waals surface area contributed by atoms with Crippen LogP contribution in [0.4, 0.5) is 5.69 Å². The predicted molar refractivity (Wildman–Crippen MR) is 102 cm³/mol. The van der Waals surface area contributed by atoms with Crippen molar-refractivity contribution in [2.24, 2.45) is 4.99 Å². The number of anilines is 1. The molecule has 0 saturated carbocycles. The van der Waals surface area contributed by atoms with E-state index >= 15 is 0 Å². The van der Waals surface area contributed by atoms with Crippen LogP contribution < -0.4 is 4.90 Å². The number of cyclic esters (lactones) is 1. The third-order valence-corrected chi connectivity index (χ3v) is 4.09. The molecule has 25 heavy (non-hydrogen) atoms. The quantitative estimate of drug-likeness (QED) is 0.613. The molecule has 4 heteroatoms. The summed E-state index contributed by atoms with van der Waals surface area (Å²) < 4.78 is 5.29. The Balaban J connectivity index is 1.69. The average Bonchev–Trinajstić information content (AvgIpc) is 2.93. The summed E-state index contributed by atoms with van der Waals surface area (Å²) in [7, 11) is 3.99. The number of ether oxygens (including phenoxy) is 1. The lowest BCUT2D eigenvalue weighted by Crippen LogP contribution is -2.08. The maximum Gasteiger partial charge on any atom is 0.363 e. The lowest BCUT2D eigenvalue weighted by Gasteiger charge is -2.11. The van der Waals surface area contributed by atoms with Crippen LogP contribution in [0.2, 0.25) is 0 Å². The van der Waals surface area contributed by atoms with Crippen LogP contribution in [-0.2, 0) is 16.0 Å². The first-order valence-corrected chi connectivity index (χ1v) is 8.35. The molecule has 0 fully saturated rings. The van der Waals surface area contributed by atoms with Gasteiger partial charge < -0.3 is 9.64 Å². The van der Waals surface area contributed by atoms with Crippen molar-refractivity contribution < 1.29 is 9.53 Å². The van der Waals surface area contributed by atoms with Crippen LogP contribution in [0.3, 0.4) is 0 Å². The third-order valence-electron chi connectivity index (χ3n) is 4.09. The van der Waals surface area contributed by atoms with E-state index in [1.807, 2.05) is 49.3 Å². The minimum absolute atomic E-state index is 0.358. The highest BCUT2D eigenvalue weighted by atomic mass is 16.6. The number of rotatable bonds is 5. The van der Waals surface area contributed by atoms with Crippen LogP contribution >= 0.6 is 0 Å². The number of esters is 1. The number of carbonyl (C=O) groups excluding carboxylic acids is 1. The second-order valence-corrected chi connectivity index (χ2v) is 6.40. The molecule has 0 atom stereocenters. The van der Waals surface area contributed by atoms with Crippen molar-refractivity contribution >= 4 is 23.6 Å². The van der Waals surface area contributed by atoms with Crippen LogP contribution in [0.5, 0.6) is 0 Å². The van der Waals surface area contributed by atoms with E-state index in [2.05, 4.69) is 30.1 Å². The summed E-state index contributed by atoms with van der Waals surface area (Å²) in [5.74, 6) is 0.110. The third kappa shape index (κ3) is 4.35. The summed E-state index contributed by atoms with van der Waals surface area (Å²) in [6.45, 7) is 2.07. The van der Waals surface area contributed by atoms with Gasteiger partial charge in [-0.15, -0.1) is 0 Å². The zero-order valence-electron chi connectivity index (χ0n) is 14.8. The number of aliphatic imine (C=N–C) groups is 1. The van der Waals surface area contributed by atoms with Crippen molar-refractivity contribution in [3.63, 3.8) is 0 Å². The maximum absolute atomic E-state index is 12.0. The first-order valence-electron chi connectivity index (χ1n) is 8.35. The number of nitrogens with zero attached hydrogens (tertiary/aromatic N) is 2. The van der Waals surface area contributed by atoms with Gasteiger partial charge >= 0.3 is 5.97 Å². The highest BCUT2D eigenvalue weighted by Gasteiger charge is 2.22. The molecule has 0 aliphatic carbocycles. The van der Waals surface area contributed by atoms with E-state index in [-0.39, 0.29) is 5.97 Å². The molecule has 0 amide bonds. The van der Waals surface area contributed by atoms with Crippen LogP contribution in [0.15, 0.2) is 59.2 Å². The van der Waals surface area contributed by atoms with E-state index in [0.29, 0.717) is 18.0 Å². The fraction of sp³-hybridized carbons (Fsp3) is 0.238. The molecule has 4 nitrogen and oxygen atoms in total. The molecule has 128 valence electrons. The molecule has 0 spiro atoms. The first-order chi connectivity index (χ1) is 12.0. The Labute approximate surface area is 148 Å². The second-order valence-electron chi connectivity index (χ2n) is 6.40. The first kappa shape index (κ1) is 17.0. The molecule has 0 bridgehead atoms. The molecule has 3 rings (SSSR count). The molecule has 0 aromatic heterocycles. The summed E-state index contributed by atoms with van der Waals surface area (Å²) in [6.07, 6.45) is 3.19. The van der Waals surface area contributed by atoms with Crippen LogP contribution in [0, 0.1) is 6.92 Å². The predicted octanol–water partition coefficient (Wildman–Crippen LogP) is 3.99. The van der Waals surface area contributed by atoms with Crippen molar-refractivity contribution in [3.8, 4) is 0 Å². The van der Waals surface area contributed by atoms with Gasteiger partial charge in [-0.25, -0.2) is 9.79 Å². The van der Waals surface area contributed by atoms with E-state index in [1.165, 1.54) is 11.1 Å². The van der Waals surface area contributed by atoms with Crippen molar-refractivity contribution in [3.05, 3.63) is 70.9 Å². The molecule has 0 unspecified atom stereocenters. The van der Waals surface area contributed by atoms with Crippen LogP contribution in [0.25, 0.3) is 6.08 Å². The van der Waals surface area contributed by atoms with Crippen molar-refractivity contribution in [2.45, 2.75) is 19.8 Å². The summed E-state index contributed by atoms with van der Waals surface area (Å²) in [5.41, 5.74) is 4.84. The largest absolute Gasteiger partial charge is 0.407 e. The Kier molecular flexibility index (Phi) is 4.98. The molecular weight excluding hydrogens is 312 g/mol. The Morgan fingerprint density at radius 2 is 1.84 bits per heavy atom. The summed E-state index contributed by atoms with van der Waals surface area (Å²) in [4.78, 5) is 18.4. The minimum atomic E-state index is -0.379. The Hall–Kier alpha value is -2.88. The van der Waals surface area contributed by atoms with Crippen molar-refractivity contribution in [1.29, 1.82) is 0 Å². The van der Waals surface area contributed by atoms with Crippen LogP contribution in [-0.4, -0.2) is 26.0 Å². The van der Waals surface area contributed by atoms with Gasteiger partial charge in [0.2, 0.25) is 0 Å². The fourth-order valence-electron chi connectivity index (χ4n) is 2.71. The molecule has 1 aliphatic heterocycles. The van der Waals surface area contributed by atoms with Gasteiger partial charge in [-0.3, -0.25) is 0 Å². The van der Waals surface area contributed by atoms with Crippen molar-refractivity contribution in [2.75, 3.05) is 19.0 Å². The Bertz CT molecular complexity index is 833. The van der Waals surface area contributed by atoms with Gasteiger partial charge in [0.15, 0.2) is 11.6 Å². The molecule has 2 aromatic rings. The number of benzene rings is 2. The molecule has 2 aromatic carbocycles. The molecule has 0 radical (unpaired) electrons. The lowest BCUT2D eigenvalue weighted by molar-refractivity contribution is -0.130. The summed E-state index contributed by atoms with van der Waals surface area (Å²) in [6, 6.07) is 16.3. The van der Waals surface area contributed by atoms with E-state index in [4.69, 9.17) is 4.74 Å². The minimum Gasteiger partial charge on any atom is -0.407 e. The maximum atomic E-state index is 12.0. The number of hydrogen-bond acceptors (Lipinski definition) is 4. The Morgan fingerprint density at radius 3 is 2.52 bits per heavy atom. The van der Waals surface area contributed by atoms with Gasteiger partial charge in [0.1, 0.15) is 0 Å². The van der Waals surface area contributed by atoms with E-state index < -0.39 is 0 Å². The zero-order chi connectivity index (χ0) is 17.8. The number of hydrogen-bond donors (Lipinski definition) is 0. The second kappa shape index (κ2) is 7.34.